The Hall–Kier alpha value is -0.530. The summed E-state index contributed by atoms with van der Waals surface area (Å²) in [6.45, 7) is -2.37. The number of aliphatic hydroxyl groups is 1. The summed E-state index contributed by atoms with van der Waals surface area (Å²) >= 11 is 0. The SMILES string of the molecule is OCC(F)(C(F)C(F)F)C(F)(F)F. The van der Waals surface area contributed by atoms with E-state index in [1.165, 1.54) is 0 Å². The number of aliphatic hydroxyl groups excluding tert-OH is 1. The van der Waals surface area contributed by atoms with Crippen LogP contribution in [0, 0.1) is 0 Å². The molecule has 1 N–H and O–H groups in total. The molecule has 0 rings (SSSR count). The Kier molecular flexibility index (Phi) is 3.54. The molecular weight excluding hydrogens is 209 g/mol. The zero-order chi connectivity index (χ0) is 10.9. The predicted octanol–water partition coefficient (Wildman–Crippen LogP) is 1.85. The van der Waals surface area contributed by atoms with E-state index < -0.39 is 31.0 Å². The zero-order valence-electron chi connectivity index (χ0n) is 5.95. The topological polar surface area (TPSA) is 20.2 Å². The largest absolute Gasteiger partial charge is 0.427 e. The molecule has 0 spiro atoms. The molecule has 2 atom stereocenters. The lowest BCUT2D eigenvalue weighted by atomic mass is 10.0. The summed E-state index contributed by atoms with van der Waals surface area (Å²) in [5.74, 6) is 0. The molecule has 0 aromatic heterocycles. The van der Waals surface area contributed by atoms with Gasteiger partial charge < -0.3 is 5.11 Å². The summed E-state index contributed by atoms with van der Waals surface area (Å²) in [4.78, 5) is 0. The fourth-order valence-corrected chi connectivity index (χ4v) is 0.533. The Bertz CT molecular complexity index is 167. The standard InChI is InChI=1S/C5H5F7O/c6-2(3(7)8)4(9,1-13)5(10,11)12/h2-3,13H,1H2. The van der Waals surface area contributed by atoms with Crippen molar-refractivity contribution in [1.29, 1.82) is 0 Å². The van der Waals surface area contributed by atoms with E-state index in [1.54, 1.807) is 0 Å². The molecule has 80 valence electrons. The van der Waals surface area contributed by atoms with Gasteiger partial charge in [-0.2, -0.15) is 13.2 Å². The Morgan fingerprint density at radius 1 is 1.00 bits per heavy atom. The van der Waals surface area contributed by atoms with E-state index in [2.05, 4.69) is 0 Å². The van der Waals surface area contributed by atoms with Crippen LogP contribution < -0.4 is 0 Å². The molecular formula is C5H5F7O. The fourth-order valence-electron chi connectivity index (χ4n) is 0.533. The molecule has 2 unspecified atom stereocenters. The van der Waals surface area contributed by atoms with Crippen LogP contribution in [-0.2, 0) is 0 Å². The van der Waals surface area contributed by atoms with Crippen LogP contribution in [0.2, 0.25) is 0 Å². The van der Waals surface area contributed by atoms with Gasteiger partial charge in [-0.15, -0.1) is 0 Å². The molecule has 0 saturated carbocycles. The molecule has 0 fully saturated rings. The van der Waals surface area contributed by atoms with Crippen LogP contribution >= 0.6 is 0 Å². The van der Waals surface area contributed by atoms with Gasteiger partial charge in [0.1, 0.15) is 0 Å². The molecule has 0 aliphatic carbocycles. The molecule has 0 radical (unpaired) electrons. The quantitative estimate of drug-likeness (QED) is 0.711. The number of hydrogen-bond donors (Lipinski definition) is 1. The molecule has 0 aliphatic heterocycles. The third kappa shape index (κ3) is 2.23. The zero-order valence-corrected chi connectivity index (χ0v) is 5.95. The Morgan fingerprint density at radius 2 is 1.38 bits per heavy atom. The number of alkyl halides is 7. The van der Waals surface area contributed by atoms with E-state index in [-0.39, 0.29) is 0 Å². The maximum atomic E-state index is 12.4. The maximum absolute atomic E-state index is 12.4. The van der Waals surface area contributed by atoms with Crippen LogP contribution in [-0.4, -0.2) is 36.2 Å². The second kappa shape index (κ2) is 3.69. The van der Waals surface area contributed by atoms with E-state index in [1.807, 2.05) is 0 Å². The van der Waals surface area contributed by atoms with Crippen molar-refractivity contribution in [2.45, 2.75) is 24.4 Å². The van der Waals surface area contributed by atoms with Gasteiger partial charge in [-0.25, -0.2) is 17.6 Å². The molecule has 0 bridgehead atoms. The van der Waals surface area contributed by atoms with E-state index in [0.29, 0.717) is 0 Å². The highest BCUT2D eigenvalue weighted by molar-refractivity contribution is 4.95. The smallest absolute Gasteiger partial charge is 0.393 e. The Morgan fingerprint density at radius 3 is 1.46 bits per heavy atom. The van der Waals surface area contributed by atoms with Crippen LogP contribution in [0.25, 0.3) is 0 Å². The van der Waals surface area contributed by atoms with Gasteiger partial charge in [0.25, 0.3) is 12.1 Å². The van der Waals surface area contributed by atoms with Crippen LogP contribution in [0.15, 0.2) is 0 Å². The minimum absolute atomic E-state index is 2.37. The van der Waals surface area contributed by atoms with E-state index in [4.69, 9.17) is 5.11 Å². The van der Waals surface area contributed by atoms with Gasteiger partial charge in [0.2, 0.25) is 6.17 Å². The molecule has 8 heteroatoms. The van der Waals surface area contributed by atoms with Crippen molar-refractivity contribution in [3.05, 3.63) is 0 Å². The molecule has 0 aromatic carbocycles. The van der Waals surface area contributed by atoms with Crippen molar-refractivity contribution in [2.75, 3.05) is 6.61 Å². The minimum atomic E-state index is -5.86. The number of halogens is 7. The lowest BCUT2D eigenvalue weighted by Gasteiger charge is -2.28. The normalized spacial score (nSPS) is 20.1. The van der Waals surface area contributed by atoms with Crippen molar-refractivity contribution in [3.63, 3.8) is 0 Å². The van der Waals surface area contributed by atoms with Crippen LogP contribution in [0.3, 0.4) is 0 Å². The second-order valence-corrected chi connectivity index (χ2v) is 2.25. The minimum Gasteiger partial charge on any atom is -0.393 e. The fraction of sp³-hybridized carbons (Fsp3) is 1.00. The first-order valence-electron chi connectivity index (χ1n) is 2.95. The van der Waals surface area contributed by atoms with Gasteiger partial charge in [0.15, 0.2) is 0 Å². The second-order valence-electron chi connectivity index (χ2n) is 2.25. The van der Waals surface area contributed by atoms with Gasteiger partial charge in [-0.05, 0) is 0 Å². The van der Waals surface area contributed by atoms with Gasteiger partial charge >= 0.3 is 6.18 Å². The van der Waals surface area contributed by atoms with Crippen molar-refractivity contribution in [2.24, 2.45) is 0 Å². The highest BCUT2D eigenvalue weighted by Crippen LogP contribution is 2.39. The lowest BCUT2D eigenvalue weighted by Crippen LogP contribution is -2.54. The van der Waals surface area contributed by atoms with Gasteiger partial charge in [0, 0.05) is 0 Å². The summed E-state index contributed by atoms with van der Waals surface area (Å²) < 4.78 is 82.2. The Balaban J connectivity index is 4.84. The van der Waals surface area contributed by atoms with Gasteiger partial charge in [-0.3, -0.25) is 0 Å². The average molecular weight is 214 g/mol. The molecule has 0 amide bonds. The van der Waals surface area contributed by atoms with Crippen molar-refractivity contribution >= 4 is 0 Å². The van der Waals surface area contributed by atoms with E-state index in [0.717, 1.165) is 0 Å². The van der Waals surface area contributed by atoms with Crippen molar-refractivity contribution in [1.82, 2.24) is 0 Å². The number of hydrogen-bond acceptors (Lipinski definition) is 1. The van der Waals surface area contributed by atoms with Gasteiger partial charge in [0.05, 0.1) is 6.61 Å². The third-order valence-corrected chi connectivity index (χ3v) is 1.36. The van der Waals surface area contributed by atoms with E-state index >= 15 is 0 Å². The maximum Gasteiger partial charge on any atom is 0.427 e. The molecule has 0 heterocycles. The van der Waals surface area contributed by atoms with Crippen LogP contribution in [0.1, 0.15) is 0 Å². The molecule has 0 aromatic rings. The summed E-state index contributed by atoms with van der Waals surface area (Å²) in [6.07, 6.45) is -14.1. The molecule has 0 aliphatic rings. The predicted molar refractivity (Wildman–Crippen MR) is 27.9 cm³/mol. The lowest BCUT2D eigenvalue weighted by molar-refractivity contribution is -0.273. The van der Waals surface area contributed by atoms with Crippen LogP contribution in [0.4, 0.5) is 30.7 Å². The first-order valence-corrected chi connectivity index (χ1v) is 2.95. The molecule has 0 saturated heterocycles. The third-order valence-electron chi connectivity index (χ3n) is 1.36. The van der Waals surface area contributed by atoms with Crippen molar-refractivity contribution in [3.8, 4) is 0 Å². The van der Waals surface area contributed by atoms with Crippen molar-refractivity contribution < 1.29 is 35.8 Å². The highest BCUT2D eigenvalue weighted by Gasteiger charge is 2.64. The molecule has 1 nitrogen and oxygen atoms in total. The monoisotopic (exact) mass is 214 g/mol. The number of rotatable bonds is 3. The first kappa shape index (κ1) is 12.5. The highest BCUT2D eigenvalue weighted by atomic mass is 19.4. The summed E-state index contributed by atoms with van der Waals surface area (Å²) in [5.41, 5.74) is -4.90. The summed E-state index contributed by atoms with van der Waals surface area (Å²) in [6, 6.07) is 0. The van der Waals surface area contributed by atoms with Crippen LogP contribution in [0.5, 0.6) is 0 Å². The average Bonchev–Trinajstić information content (AvgIpc) is 1.99. The van der Waals surface area contributed by atoms with E-state index in [9.17, 15) is 30.7 Å². The molecule has 13 heavy (non-hydrogen) atoms. The van der Waals surface area contributed by atoms with Gasteiger partial charge in [-0.1, -0.05) is 0 Å². The Labute approximate surface area is 68.2 Å². The first-order chi connectivity index (χ1) is 5.66. The summed E-state index contributed by atoms with van der Waals surface area (Å²) in [7, 11) is 0. The summed E-state index contributed by atoms with van der Waals surface area (Å²) in [5, 5.41) is 7.87.